The van der Waals surface area contributed by atoms with Crippen molar-refractivity contribution in [2.45, 2.75) is 13.5 Å². The van der Waals surface area contributed by atoms with Crippen molar-refractivity contribution in [3.8, 4) is 0 Å². The topological polar surface area (TPSA) is 26.3 Å². The molecule has 2 rings (SSSR count). The highest BCUT2D eigenvalue weighted by molar-refractivity contribution is 7.19. The van der Waals surface area contributed by atoms with Crippen molar-refractivity contribution in [2.75, 3.05) is 0 Å². The van der Waals surface area contributed by atoms with Crippen LogP contribution in [-0.2, 0) is 16.1 Å². The molecule has 1 aromatic heterocycles. The Morgan fingerprint density at radius 1 is 1.43 bits per heavy atom. The largest absolute Gasteiger partial charge is 0.460 e. The average molecular weight is 206 g/mol. The zero-order valence-corrected chi connectivity index (χ0v) is 8.64. The summed E-state index contributed by atoms with van der Waals surface area (Å²) in [4.78, 5) is 11.7. The Labute approximate surface area is 86.1 Å². The highest BCUT2D eigenvalue weighted by Gasteiger charge is 2.02. The molecule has 72 valence electrons. The van der Waals surface area contributed by atoms with Crippen LogP contribution in [0, 0.1) is 0 Å². The Kier molecular flexibility index (Phi) is 2.50. The molecule has 1 heterocycles. The van der Waals surface area contributed by atoms with Gasteiger partial charge in [0.1, 0.15) is 6.61 Å². The number of thiophene rings is 1. The fourth-order valence-electron chi connectivity index (χ4n) is 1.28. The summed E-state index contributed by atoms with van der Waals surface area (Å²) in [5.41, 5.74) is 0. The third-order valence-corrected chi connectivity index (χ3v) is 2.98. The third kappa shape index (κ3) is 1.93. The van der Waals surface area contributed by atoms with Crippen LogP contribution < -0.4 is 0 Å². The molecule has 0 aliphatic carbocycles. The van der Waals surface area contributed by atoms with Crippen LogP contribution in [0.3, 0.4) is 0 Å². The van der Waals surface area contributed by atoms with Crippen LogP contribution in [-0.4, -0.2) is 5.97 Å². The Morgan fingerprint density at radius 3 is 2.93 bits per heavy atom. The van der Waals surface area contributed by atoms with E-state index in [0.29, 0.717) is 6.61 Å². The van der Waals surface area contributed by atoms with Crippen LogP contribution in [0.25, 0.3) is 10.1 Å². The molecule has 2 aromatic rings. The molecule has 0 radical (unpaired) electrons. The molecule has 0 aliphatic heterocycles. The van der Waals surface area contributed by atoms with E-state index in [4.69, 9.17) is 4.74 Å². The second-order valence-electron chi connectivity index (χ2n) is 3.03. The SMILES string of the molecule is CC(=O)OCc1cc2ccccc2s1. The second kappa shape index (κ2) is 3.80. The van der Waals surface area contributed by atoms with Gasteiger partial charge < -0.3 is 4.74 Å². The van der Waals surface area contributed by atoms with E-state index in [2.05, 4.69) is 18.2 Å². The smallest absolute Gasteiger partial charge is 0.302 e. The Hall–Kier alpha value is -1.35. The van der Waals surface area contributed by atoms with Crippen molar-refractivity contribution in [2.24, 2.45) is 0 Å². The number of fused-ring (bicyclic) bond motifs is 1. The Morgan fingerprint density at radius 2 is 2.21 bits per heavy atom. The molecular formula is C11H10O2S. The lowest BCUT2D eigenvalue weighted by Crippen LogP contribution is -1.96. The van der Waals surface area contributed by atoms with Gasteiger partial charge in [0.25, 0.3) is 0 Å². The molecule has 0 aliphatic rings. The monoisotopic (exact) mass is 206 g/mol. The summed E-state index contributed by atoms with van der Waals surface area (Å²) in [5, 5.41) is 1.21. The molecule has 14 heavy (non-hydrogen) atoms. The van der Waals surface area contributed by atoms with Gasteiger partial charge >= 0.3 is 5.97 Å². The number of ether oxygens (including phenoxy) is 1. The summed E-state index contributed by atoms with van der Waals surface area (Å²) >= 11 is 1.66. The van der Waals surface area contributed by atoms with Gasteiger partial charge in [0.2, 0.25) is 0 Å². The van der Waals surface area contributed by atoms with Crippen LogP contribution >= 0.6 is 11.3 Å². The van der Waals surface area contributed by atoms with Gasteiger partial charge in [0, 0.05) is 16.5 Å². The van der Waals surface area contributed by atoms with Gasteiger partial charge in [-0.05, 0) is 17.5 Å². The van der Waals surface area contributed by atoms with E-state index in [-0.39, 0.29) is 5.97 Å². The minimum Gasteiger partial charge on any atom is -0.460 e. The molecule has 0 N–H and O–H groups in total. The highest BCUT2D eigenvalue weighted by atomic mass is 32.1. The second-order valence-corrected chi connectivity index (χ2v) is 4.20. The molecule has 0 saturated carbocycles. The van der Waals surface area contributed by atoms with E-state index in [0.717, 1.165) is 4.88 Å². The number of benzene rings is 1. The van der Waals surface area contributed by atoms with Gasteiger partial charge in [-0.2, -0.15) is 0 Å². The Bertz CT molecular complexity index is 426. The predicted octanol–water partition coefficient (Wildman–Crippen LogP) is 2.96. The number of carbonyl (C=O) groups is 1. The molecule has 0 bridgehead atoms. The van der Waals surface area contributed by atoms with Gasteiger partial charge in [-0.15, -0.1) is 11.3 Å². The fourth-order valence-corrected chi connectivity index (χ4v) is 2.26. The zero-order valence-electron chi connectivity index (χ0n) is 7.82. The first-order valence-corrected chi connectivity index (χ1v) is 5.18. The maximum absolute atomic E-state index is 10.6. The summed E-state index contributed by atoms with van der Waals surface area (Å²) in [5.74, 6) is -0.234. The molecule has 0 spiro atoms. The average Bonchev–Trinajstić information content (AvgIpc) is 2.57. The normalized spacial score (nSPS) is 10.4. The molecular weight excluding hydrogens is 196 g/mol. The van der Waals surface area contributed by atoms with Gasteiger partial charge in [0.05, 0.1) is 0 Å². The van der Waals surface area contributed by atoms with Crippen LogP contribution in [0.5, 0.6) is 0 Å². The number of carbonyl (C=O) groups excluding carboxylic acids is 1. The van der Waals surface area contributed by atoms with E-state index in [1.165, 1.54) is 17.0 Å². The minimum absolute atomic E-state index is 0.234. The summed E-state index contributed by atoms with van der Waals surface area (Å²) in [7, 11) is 0. The summed E-state index contributed by atoms with van der Waals surface area (Å²) in [6.07, 6.45) is 0. The quantitative estimate of drug-likeness (QED) is 0.706. The van der Waals surface area contributed by atoms with E-state index >= 15 is 0 Å². The van der Waals surface area contributed by atoms with E-state index < -0.39 is 0 Å². The number of hydrogen-bond donors (Lipinski definition) is 0. The van der Waals surface area contributed by atoms with Crippen molar-refractivity contribution in [1.82, 2.24) is 0 Å². The maximum atomic E-state index is 10.6. The van der Waals surface area contributed by atoms with E-state index in [1.54, 1.807) is 11.3 Å². The summed E-state index contributed by atoms with van der Waals surface area (Å²) in [6.45, 7) is 1.81. The molecule has 0 saturated heterocycles. The van der Waals surface area contributed by atoms with Crippen molar-refractivity contribution in [3.63, 3.8) is 0 Å². The molecule has 3 heteroatoms. The lowest BCUT2D eigenvalue weighted by molar-refractivity contribution is -0.142. The Balaban J connectivity index is 2.22. The number of rotatable bonds is 2. The van der Waals surface area contributed by atoms with Crippen molar-refractivity contribution >= 4 is 27.4 Å². The number of hydrogen-bond acceptors (Lipinski definition) is 3. The van der Waals surface area contributed by atoms with Crippen molar-refractivity contribution < 1.29 is 9.53 Å². The van der Waals surface area contributed by atoms with Gasteiger partial charge in [-0.1, -0.05) is 18.2 Å². The third-order valence-electron chi connectivity index (χ3n) is 1.89. The van der Waals surface area contributed by atoms with Crippen LogP contribution in [0.15, 0.2) is 30.3 Å². The molecule has 0 atom stereocenters. The molecule has 0 unspecified atom stereocenters. The van der Waals surface area contributed by atoms with Crippen LogP contribution in [0.1, 0.15) is 11.8 Å². The van der Waals surface area contributed by atoms with E-state index in [9.17, 15) is 4.79 Å². The van der Waals surface area contributed by atoms with Gasteiger partial charge in [0.15, 0.2) is 0 Å². The van der Waals surface area contributed by atoms with E-state index in [1.807, 2.05) is 12.1 Å². The molecule has 0 fully saturated rings. The zero-order chi connectivity index (χ0) is 9.97. The van der Waals surface area contributed by atoms with Crippen LogP contribution in [0.2, 0.25) is 0 Å². The first kappa shape index (κ1) is 9.21. The van der Waals surface area contributed by atoms with Crippen molar-refractivity contribution in [3.05, 3.63) is 35.2 Å². The van der Waals surface area contributed by atoms with Crippen molar-refractivity contribution in [1.29, 1.82) is 0 Å². The summed E-state index contributed by atoms with van der Waals surface area (Å²) < 4.78 is 6.16. The highest BCUT2D eigenvalue weighted by Crippen LogP contribution is 2.25. The fraction of sp³-hybridized carbons (Fsp3) is 0.182. The van der Waals surface area contributed by atoms with Gasteiger partial charge in [-0.3, -0.25) is 4.79 Å². The standard InChI is InChI=1S/C11H10O2S/c1-8(12)13-7-10-6-9-4-2-3-5-11(9)14-10/h2-6H,7H2,1H3. The molecule has 1 aromatic carbocycles. The van der Waals surface area contributed by atoms with Gasteiger partial charge in [-0.25, -0.2) is 0 Å². The van der Waals surface area contributed by atoms with Crippen LogP contribution in [0.4, 0.5) is 0 Å². The first-order chi connectivity index (χ1) is 6.75. The number of esters is 1. The molecule has 2 nitrogen and oxygen atoms in total. The maximum Gasteiger partial charge on any atom is 0.302 e. The lowest BCUT2D eigenvalue weighted by atomic mass is 10.2. The predicted molar refractivity (Wildman–Crippen MR) is 57.3 cm³/mol. The molecule has 0 amide bonds. The minimum atomic E-state index is -0.234. The lowest BCUT2D eigenvalue weighted by Gasteiger charge is -1.96. The first-order valence-electron chi connectivity index (χ1n) is 4.36. The summed E-state index contributed by atoms with van der Waals surface area (Å²) in [6, 6.07) is 10.2.